The van der Waals surface area contributed by atoms with E-state index in [0.29, 0.717) is 18.4 Å². The highest BCUT2D eigenvalue weighted by Gasteiger charge is 2.25. The lowest BCUT2D eigenvalue weighted by Gasteiger charge is -2.23. The Morgan fingerprint density at radius 3 is 2.48 bits per heavy atom. The fraction of sp³-hybridized carbons (Fsp3) is 0.478. The van der Waals surface area contributed by atoms with E-state index in [1.807, 2.05) is 0 Å². The molecule has 0 radical (unpaired) electrons. The van der Waals surface area contributed by atoms with Gasteiger partial charge in [-0.3, -0.25) is 14.4 Å². The second-order valence-electron chi connectivity index (χ2n) is 8.09. The standard InChI is InChI=1S/C23H30ClN3O6/c1-23(2,3)33-22(31)27-17(13-14-18(25)28)21(30)26-16-11-8-10-15(20(16)24)9-6-5-7-12-19(29)32-4/h8,10-11,17H,5,7,12-14H2,1-4H3,(H2,25,28)(H,26,30)(H,27,31)/t17-/m0/s1. The van der Waals surface area contributed by atoms with Crippen molar-refractivity contribution in [1.29, 1.82) is 0 Å². The predicted octanol–water partition coefficient (Wildman–Crippen LogP) is 3.13. The summed E-state index contributed by atoms with van der Waals surface area (Å²) >= 11 is 6.39. The predicted molar refractivity (Wildman–Crippen MR) is 124 cm³/mol. The Hall–Kier alpha value is -3.25. The van der Waals surface area contributed by atoms with Crippen LogP contribution in [0.25, 0.3) is 0 Å². The van der Waals surface area contributed by atoms with E-state index in [1.54, 1.807) is 39.0 Å². The molecule has 1 atom stereocenters. The monoisotopic (exact) mass is 479 g/mol. The molecule has 0 aliphatic carbocycles. The molecule has 1 aromatic rings. The Labute approximate surface area is 198 Å². The summed E-state index contributed by atoms with van der Waals surface area (Å²) in [5, 5.41) is 5.32. The van der Waals surface area contributed by atoms with Gasteiger partial charge in [0.2, 0.25) is 11.8 Å². The molecule has 9 nitrogen and oxygen atoms in total. The zero-order valence-corrected chi connectivity index (χ0v) is 20.0. The molecule has 0 saturated carbocycles. The number of carbonyl (C=O) groups is 4. The largest absolute Gasteiger partial charge is 0.469 e. The fourth-order valence-corrected chi connectivity index (χ4v) is 2.75. The molecule has 180 valence electrons. The molecule has 4 N–H and O–H groups in total. The van der Waals surface area contributed by atoms with Gasteiger partial charge in [-0.25, -0.2) is 4.79 Å². The lowest BCUT2D eigenvalue weighted by Crippen LogP contribution is -2.46. The number of methoxy groups -OCH3 is 1. The van der Waals surface area contributed by atoms with Crippen LogP contribution in [0.5, 0.6) is 0 Å². The molecule has 1 rings (SSSR count). The molecule has 0 spiro atoms. The van der Waals surface area contributed by atoms with Gasteiger partial charge in [-0.05, 0) is 45.7 Å². The van der Waals surface area contributed by atoms with Crippen LogP contribution in [0.4, 0.5) is 10.5 Å². The number of benzene rings is 1. The summed E-state index contributed by atoms with van der Waals surface area (Å²) < 4.78 is 9.76. The van der Waals surface area contributed by atoms with Gasteiger partial charge in [0.15, 0.2) is 0 Å². The highest BCUT2D eigenvalue weighted by Crippen LogP contribution is 2.25. The van der Waals surface area contributed by atoms with Crippen LogP contribution in [-0.4, -0.2) is 42.6 Å². The number of esters is 1. The van der Waals surface area contributed by atoms with Gasteiger partial charge in [-0.2, -0.15) is 0 Å². The molecule has 3 amide bonds. The minimum absolute atomic E-state index is 0.0162. The third kappa shape index (κ3) is 11.3. The molecule has 0 aliphatic rings. The van der Waals surface area contributed by atoms with Crippen molar-refractivity contribution in [3.63, 3.8) is 0 Å². The highest BCUT2D eigenvalue weighted by molar-refractivity contribution is 6.35. The molecule has 0 fully saturated rings. The zero-order chi connectivity index (χ0) is 25.0. The summed E-state index contributed by atoms with van der Waals surface area (Å²) in [7, 11) is 1.33. The Morgan fingerprint density at radius 2 is 1.88 bits per heavy atom. The van der Waals surface area contributed by atoms with Crippen LogP contribution in [0.2, 0.25) is 5.02 Å². The van der Waals surface area contributed by atoms with E-state index < -0.39 is 29.6 Å². The number of ether oxygens (including phenoxy) is 2. The molecular weight excluding hydrogens is 450 g/mol. The summed E-state index contributed by atoms with van der Waals surface area (Å²) in [5.74, 6) is 4.33. The maximum Gasteiger partial charge on any atom is 0.408 e. The van der Waals surface area contributed by atoms with Gasteiger partial charge < -0.3 is 25.8 Å². The highest BCUT2D eigenvalue weighted by atomic mass is 35.5. The van der Waals surface area contributed by atoms with Crippen LogP contribution < -0.4 is 16.4 Å². The van der Waals surface area contributed by atoms with Gasteiger partial charge in [-0.1, -0.05) is 29.5 Å². The molecule has 0 aromatic heterocycles. The van der Waals surface area contributed by atoms with E-state index in [2.05, 4.69) is 27.2 Å². The van der Waals surface area contributed by atoms with Crippen molar-refractivity contribution < 1.29 is 28.7 Å². The van der Waals surface area contributed by atoms with Crippen LogP contribution in [0.15, 0.2) is 18.2 Å². The van der Waals surface area contributed by atoms with Crippen molar-refractivity contribution in [3.8, 4) is 11.8 Å². The first-order chi connectivity index (χ1) is 15.4. The SMILES string of the molecule is COC(=O)CCCC#Cc1cccc(NC(=O)[C@H](CCC(N)=O)NC(=O)OC(C)(C)C)c1Cl. The van der Waals surface area contributed by atoms with Gasteiger partial charge in [0.1, 0.15) is 11.6 Å². The number of nitrogens with two attached hydrogens (primary N) is 1. The summed E-state index contributed by atoms with van der Waals surface area (Å²) in [6, 6.07) is 3.87. The number of primary amides is 1. The summed E-state index contributed by atoms with van der Waals surface area (Å²) in [5.41, 5.74) is 5.20. The third-order valence-corrected chi connectivity index (χ3v) is 4.48. The molecular formula is C23H30ClN3O6. The molecule has 0 bridgehead atoms. The lowest BCUT2D eigenvalue weighted by atomic mass is 10.1. The maximum atomic E-state index is 12.8. The summed E-state index contributed by atoms with van der Waals surface area (Å²) in [6.07, 6.45) is 0.357. The summed E-state index contributed by atoms with van der Waals surface area (Å²) in [4.78, 5) is 47.2. The number of anilines is 1. The van der Waals surface area contributed by atoms with Crippen molar-refractivity contribution in [2.45, 2.75) is 64.5 Å². The number of hydrogen-bond donors (Lipinski definition) is 3. The third-order valence-electron chi connectivity index (χ3n) is 4.08. The molecule has 0 saturated heterocycles. The van der Waals surface area contributed by atoms with Crippen LogP contribution in [0.1, 0.15) is 58.4 Å². The van der Waals surface area contributed by atoms with Crippen molar-refractivity contribution in [3.05, 3.63) is 28.8 Å². The van der Waals surface area contributed by atoms with Crippen molar-refractivity contribution in [2.75, 3.05) is 12.4 Å². The lowest BCUT2D eigenvalue weighted by molar-refractivity contribution is -0.140. The molecule has 1 aromatic carbocycles. The first-order valence-corrected chi connectivity index (χ1v) is 10.7. The van der Waals surface area contributed by atoms with E-state index >= 15 is 0 Å². The Balaban J connectivity index is 2.89. The normalized spacial score (nSPS) is 11.4. The van der Waals surface area contributed by atoms with E-state index in [9.17, 15) is 19.2 Å². The van der Waals surface area contributed by atoms with E-state index in [-0.39, 0.29) is 35.9 Å². The molecule has 33 heavy (non-hydrogen) atoms. The first-order valence-electron chi connectivity index (χ1n) is 10.4. The first kappa shape index (κ1) is 27.8. The van der Waals surface area contributed by atoms with Crippen molar-refractivity contribution in [1.82, 2.24) is 5.32 Å². The quantitative estimate of drug-likeness (QED) is 0.282. The molecule has 0 heterocycles. The van der Waals surface area contributed by atoms with Crippen LogP contribution in [-0.2, 0) is 23.9 Å². The second kappa shape index (κ2) is 13.3. The smallest absolute Gasteiger partial charge is 0.408 e. The van der Waals surface area contributed by atoms with Gasteiger partial charge in [0, 0.05) is 24.8 Å². The fourth-order valence-electron chi connectivity index (χ4n) is 2.53. The topological polar surface area (TPSA) is 137 Å². The average Bonchev–Trinajstić information content (AvgIpc) is 2.71. The number of halogens is 1. The number of nitrogens with one attached hydrogen (secondary N) is 2. The number of amides is 3. The molecule has 0 aliphatic heterocycles. The number of rotatable bonds is 9. The minimum Gasteiger partial charge on any atom is -0.469 e. The molecule has 10 heteroatoms. The van der Waals surface area contributed by atoms with Crippen LogP contribution in [0.3, 0.4) is 0 Å². The molecule has 0 unspecified atom stereocenters. The number of carbonyl (C=O) groups excluding carboxylic acids is 4. The van der Waals surface area contributed by atoms with Gasteiger partial charge >= 0.3 is 12.1 Å². The second-order valence-corrected chi connectivity index (χ2v) is 8.47. The van der Waals surface area contributed by atoms with Gasteiger partial charge in [0.05, 0.1) is 17.8 Å². The van der Waals surface area contributed by atoms with E-state index in [1.165, 1.54) is 7.11 Å². The van der Waals surface area contributed by atoms with Crippen LogP contribution >= 0.6 is 11.6 Å². The van der Waals surface area contributed by atoms with Crippen molar-refractivity contribution >= 4 is 41.2 Å². The van der Waals surface area contributed by atoms with E-state index in [0.717, 1.165) is 0 Å². The Bertz CT molecular complexity index is 930. The zero-order valence-electron chi connectivity index (χ0n) is 19.2. The number of alkyl carbamates (subject to hydrolysis) is 1. The van der Waals surface area contributed by atoms with Crippen molar-refractivity contribution in [2.24, 2.45) is 5.73 Å². The number of hydrogen-bond acceptors (Lipinski definition) is 6. The maximum absolute atomic E-state index is 12.8. The van der Waals surface area contributed by atoms with E-state index in [4.69, 9.17) is 22.1 Å². The Kier molecular flexibility index (Phi) is 11.2. The summed E-state index contributed by atoms with van der Waals surface area (Å²) in [6.45, 7) is 5.06. The van der Waals surface area contributed by atoms with Gasteiger partial charge in [0.25, 0.3) is 0 Å². The number of unbranched alkanes of at least 4 members (excludes halogenated alkanes) is 1. The minimum atomic E-state index is -1.07. The van der Waals surface area contributed by atoms with Crippen LogP contribution in [0, 0.1) is 11.8 Å². The van der Waals surface area contributed by atoms with Gasteiger partial charge in [-0.15, -0.1) is 0 Å². The average molecular weight is 480 g/mol. The Morgan fingerprint density at radius 1 is 1.18 bits per heavy atom.